The molecule has 0 radical (unpaired) electrons. The summed E-state index contributed by atoms with van der Waals surface area (Å²) in [4.78, 5) is 10.5. The molecule has 0 fully saturated rings. The molecule has 5 heteroatoms. The quantitative estimate of drug-likeness (QED) is 0.729. The minimum Gasteiger partial charge on any atom is -0.489 e. The Balaban J connectivity index is 1.93. The molecule has 5 nitrogen and oxygen atoms in total. The maximum atomic E-state index is 10.5. The van der Waals surface area contributed by atoms with Crippen molar-refractivity contribution in [1.82, 2.24) is 0 Å². The standard InChI is InChI=1S/C17H18O5/c18-15(10-16(19)20)17(21)13-6-8-14(9-7-13)22-11-12-4-2-1-3-5-12/h1-9,15,17-18,21H,10-11H2,(H,19,20). The number of aliphatic carboxylic acids is 1. The van der Waals surface area contributed by atoms with Crippen molar-refractivity contribution >= 4 is 5.97 Å². The van der Waals surface area contributed by atoms with Gasteiger partial charge >= 0.3 is 5.97 Å². The SMILES string of the molecule is O=C(O)CC(O)C(O)c1ccc(OCc2ccccc2)cc1. The van der Waals surface area contributed by atoms with Crippen molar-refractivity contribution in [3.63, 3.8) is 0 Å². The van der Waals surface area contributed by atoms with Gasteiger partial charge in [0.15, 0.2) is 0 Å². The number of aliphatic hydroxyl groups excluding tert-OH is 2. The van der Waals surface area contributed by atoms with Gasteiger partial charge in [0.2, 0.25) is 0 Å². The van der Waals surface area contributed by atoms with Gasteiger partial charge in [0, 0.05) is 0 Å². The molecule has 0 saturated heterocycles. The minimum atomic E-state index is -1.34. The lowest BCUT2D eigenvalue weighted by molar-refractivity contribution is -0.141. The lowest BCUT2D eigenvalue weighted by atomic mass is 10.0. The number of aliphatic hydroxyl groups is 2. The number of ether oxygens (including phenoxy) is 1. The Morgan fingerprint density at radius 2 is 1.64 bits per heavy atom. The molecule has 2 aromatic carbocycles. The van der Waals surface area contributed by atoms with Crippen molar-refractivity contribution in [2.45, 2.75) is 25.2 Å². The van der Waals surface area contributed by atoms with E-state index in [1.165, 1.54) is 0 Å². The largest absolute Gasteiger partial charge is 0.489 e. The fourth-order valence-electron chi connectivity index (χ4n) is 2.01. The number of rotatable bonds is 7. The van der Waals surface area contributed by atoms with Gasteiger partial charge in [0.1, 0.15) is 18.5 Å². The van der Waals surface area contributed by atoms with Gasteiger partial charge in [-0.15, -0.1) is 0 Å². The first-order chi connectivity index (χ1) is 10.6. The van der Waals surface area contributed by atoms with Crippen molar-refractivity contribution in [3.05, 3.63) is 65.7 Å². The maximum absolute atomic E-state index is 10.5. The molecule has 2 unspecified atom stereocenters. The number of carbonyl (C=O) groups is 1. The first-order valence-corrected chi connectivity index (χ1v) is 6.91. The molecule has 2 atom stereocenters. The summed E-state index contributed by atoms with van der Waals surface area (Å²) in [5.74, 6) is -0.526. The van der Waals surface area contributed by atoms with Crippen LogP contribution in [0.5, 0.6) is 5.75 Å². The zero-order valence-electron chi connectivity index (χ0n) is 11.9. The first-order valence-electron chi connectivity index (χ1n) is 6.91. The molecule has 116 valence electrons. The molecule has 0 aliphatic heterocycles. The van der Waals surface area contributed by atoms with E-state index in [-0.39, 0.29) is 0 Å². The number of benzene rings is 2. The van der Waals surface area contributed by atoms with Gasteiger partial charge in [-0.25, -0.2) is 0 Å². The smallest absolute Gasteiger partial charge is 0.306 e. The van der Waals surface area contributed by atoms with E-state index in [4.69, 9.17) is 9.84 Å². The van der Waals surface area contributed by atoms with Gasteiger partial charge in [-0.2, -0.15) is 0 Å². The summed E-state index contributed by atoms with van der Waals surface area (Å²) in [6, 6.07) is 16.3. The lowest BCUT2D eigenvalue weighted by Crippen LogP contribution is -2.21. The predicted molar refractivity (Wildman–Crippen MR) is 80.4 cm³/mol. The Hall–Kier alpha value is -2.37. The van der Waals surface area contributed by atoms with Crippen LogP contribution in [-0.4, -0.2) is 27.4 Å². The highest BCUT2D eigenvalue weighted by Gasteiger charge is 2.21. The molecule has 2 rings (SSSR count). The van der Waals surface area contributed by atoms with E-state index < -0.39 is 24.6 Å². The van der Waals surface area contributed by atoms with E-state index in [9.17, 15) is 15.0 Å². The second-order valence-corrected chi connectivity index (χ2v) is 4.95. The molecule has 0 spiro atoms. The molecule has 0 heterocycles. The molecule has 2 aromatic rings. The third-order valence-electron chi connectivity index (χ3n) is 3.22. The fraction of sp³-hybridized carbons (Fsp3) is 0.235. The van der Waals surface area contributed by atoms with Crippen LogP contribution in [-0.2, 0) is 11.4 Å². The number of hydrogen-bond acceptors (Lipinski definition) is 4. The molecule has 0 aromatic heterocycles. The topological polar surface area (TPSA) is 87.0 Å². The lowest BCUT2D eigenvalue weighted by Gasteiger charge is -2.16. The summed E-state index contributed by atoms with van der Waals surface area (Å²) in [6.07, 6.45) is -3.08. The Kier molecular flexibility index (Phi) is 5.52. The molecule has 0 saturated carbocycles. The van der Waals surface area contributed by atoms with Crippen LogP contribution < -0.4 is 4.74 Å². The minimum absolute atomic E-state index is 0.435. The van der Waals surface area contributed by atoms with E-state index in [1.54, 1.807) is 24.3 Å². The highest BCUT2D eigenvalue weighted by atomic mass is 16.5. The molecular weight excluding hydrogens is 284 g/mol. The summed E-state index contributed by atoms with van der Waals surface area (Å²) >= 11 is 0. The fourth-order valence-corrected chi connectivity index (χ4v) is 2.01. The highest BCUT2D eigenvalue weighted by Crippen LogP contribution is 2.22. The predicted octanol–water partition coefficient (Wildman–Crippen LogP) is 2.13. The van der Waals surface area contributed by atoms with E-state index in [1.807, 2.05) is 30.3 Å². The molecule has 0 aliphatic rings. The molecule has 0 aliphatic carbocycles. The van der Waals surface area contributed by atoms with Crippen molar-refractivity contribution in [3.8, 4) is 5.75 Å². The van der Waals surface area contributed by atoms with Crippen LogP contribution >= 0.6 is 0 Å². The van der Waals surface area contributed by atoms with Gasteiger partial charge in [0.25, 0.3) is 0 Å². The molecule has 3 N–H and O–H groups in total. The van der Waals surface area contributed by atoms with Gasteiger partial charge < -0.3 is 20.1 Å². The number of carboxylic acid groups (broad SMARTS) is 1. The monoisotopic (exact) mass is 302 g/mol. The first kappa shape index (κ1) is 16.0. The van der Waals surface area contributed by atoms with Crippen molar-refractivity contribution < 1.29 is 24.9 Å². The highest BCUT2D eigenvalue weighted by molar-refractivity contribution is 5.67. The normalized spacial score (nSPS) is 13.4. The Morgan fingerprint density at radius 1 is 1.00 bits per heavy atom. The van der Waals surface area contributed by atoms with Crippen LogP contribution in [0.25, 0.3) is 0 Å². The maximum Gasteiger partial charge on any atom is 0.306 e. The molecular formula is C17H18O5. The van der Waals surface area contributed by atoms with Crippen LogP contribution in [0, 0.1) is 0 Å². The van der Waals surface area contributed by atoms with E-state index in [0.717, 1.165) is 5.56 Å². The summed E-state index contributed by atoms with van der Waals surface area (Å²) < 4.78 is 5.61. The van der Waals surface area contributed by atoms with E-state index >= 15 is 0 Å². The summed E-state index contributed by atoms with van der Waals surface area (Å²) in [5.41, 5.74) is 1.49. The molecule has 22 heavy (non-hydrogen) atoms. The average Bonchev–Trinajstić information content (AvgIpc) is 2.53. The van der Waals surface area contributed by atoms with Crippen molar-refractivity contribution in [1.29, 1.82) is 0 Å². The summed E-state index contributed by atoms with van der Waals surface area (Å²) in [7, 11) is 0. The van der Waals surface area contributed by atoms with E-state index in [0.29, 0.717) is 17.9 Å². The molecule has 0 amide bonds. The zero-order valence-corrected chi connectivity index (χ0v) is 11.9. The Bertz CT molecular complexity index is 594. The van der Waals surface area contributed by atoms with Gasteiger partial charge in [-0.1, -0.05) is 42.5 Å². The van der Waals surface area contributed by atoms with Crippen molar-refractivity contribution in [2.24, 2.45) is 0 Å². The average molecular weight is 302 g/mol. The molecule has 0 bridgehead atoms. The van der Waals surface area contributed by atoms with Crippen molar-refractivity contribution in [2.75, 3.05) is 0 Å². The van der Waals surface area contributed by atoms with Crippen LogP contribution in [0.1, 0.15) is 23.7 Å². The third-order valence-corrected chi connectivity index (χ3v) is 3.22. The summed E-state index contributed by atoms with van der Waals surface area (Å²) in [5, 5.41) is 28.1. The van der Waals surface area contributed by atoms with Crippen LogP contribution in [0.4, 0.5) is 0 Å². The van der Waals surface area contributed by atoms with Gasteiger partial charge in [-0.05, 0) is 23.3 Å². The second-order valence-electron chi connectivity index (χ2n) is 4.95. The number of carboxylic acids is 1. The van der Waals surface area contributed by atoms with Crippen LogP contribution in [0.15, 0.2) is 54.6 Å². The Morgan fingerprint density at radius 3 is 2.23 bits per heavy atom. The third kappa shape index (κ3) is 4.58. The summed E-state index contributed by atoms with van der Waals surface area (Å²) in [6.45, 7) is 0.435. The van der Waals surface area contributed by atoms with Crippen LogP contribution in [0.2, 0.25) is 0 Å². The van der Waals surface area contributed by atoms with Crippen LogP contribution in [0.3, 0.4) is 0 Å². The Labute approximate surface area is 128 Å². The van der Waals surface area contributed by atoms with E-state index in [2.05, 4.69) is 0 Å². The number of hydrogen-bond donors (Lipinski definition) is 3. The second kappa shape index (κ2) is 7.59. The van der Waals surface area contributed by atoms with Gasteiger partial charge in [-0.3, -0.25) is 4.79 Å². The zero-order chi connectivity index (χ0) is 15.9. The van der Waals surface area contributed by atoms with Gasteiger partial charge in [0.05, 0.1) is 12.5 Å².